The molecule has 4 N–H and O–H groups in total. The number of ether oxygens (including phenoxy) is 1. The van der Waals surface area contributed by atoms with Crippen molar-refractivity contribution in [2.24, 2.45) is 11.5 Å². The maximum Gasteiger partial charge on any atom is 0.249 e. The Morgan fingerprint density at radius 1 is 0.686 bits per heavy atom. The standard InChI is InChI=1S/C30H22N2O3/c1-35-19-10-8-16(9-11-19)14-18-15-24(30(32)34)27-23(29(31)33)13-12-21-20-6-2-4-17-5-3-7-22(25(17)20)26(18)28(21)27/h2-13,15H,14H2,1H3,(H2,31,33)(H2,32,34). The Morgan fingerprint density at radius 2 is 1.34 bits per heavy atom. The fraction of sp³-hybridized carbons (Fsp3) is 0.0667. The summed E-state index contributed by atoms with van der Waals surface area (Å²) in [6.45, 7) is 0. The lowest BCUT2D eigenvalue weighted by molar-refractivity contribution is 0.0998. The summed E-state index contributed by atoms with van der Waals surface area (Å²) in [5, 5.41) is 7.73. The van der Waals surface area contributed by atoms with Gasteiger partial charge in [-0.3, -0.25) is 9.59 Å². The van der Waals surface area contributed by atoms with E-state index in [0.717, 1.165) is 54.6 Å². The van der Waals surface area contributed by atoms with Crippen molar-refractivity contribution < 1.29 is 14.3 Å². The van der Waals surface area contributed by atoms with Gasteiger partial charge in [-0.1, -0.05) is 54.6 Å². The molecule has 5 heteroatoms. The number of hydrogen-bond donors (Lipinski definition) is 2. The summed E-state index contributed by atoms with van der Waals surface area (Å²) < 4.78 is 5.31. The Balaban J connectivity index is 1.83. The Kier molecular flexibility index (Phi) is 4.61. The molecule has 0 aromatic heterocycles. The molecule has 0 unspecified atom stereocenters. The molecule has 6 aromatic carbocycles. The normalized spacial score (nSPS) is 11.6. The molecule has 0 aliphatic carbocycles. The third-order valence-electron chi connectivity index (χ3n) is 6.91. The summed E-state index contributed by atoms with van der Waals surface area (Å²) in [7, 11) is 1.64. The van der Waals surface area contributed by atoms with E-state index in [4.69, 9.17) is 16.2 Å². The van der Waals surface area contributed by atoms with Crippen LogP contribution in [0.3, 0.4) is 0 Å². The van der Waals surface area contributed by atoms with Gasteiger partial charge >= 0.3 is 0 Å². The van der Waals surface area contributed by atoms with Crippen molar-refractivity contribution in [3.63, 3.8) is 0 Å². The first-order valence-corrected chi connectivity index (χ1v) is 11.4. The molecule has 5 nitrogen and oxygen atoms in total. The number of methoxy groups -OCH3 is 1. The van der Waals surface area contributed by atoms with E-state index in [1.165, 1.54) is 0 Å². The molecule has 0 atom stereocenters. The van der Waals surface area contributed by atoms with Crippen LogP contribution in [0.15, 0.2) is 78.9 Å². The highest BCUT2D eigenvalue weighted by molar-refractivity contribution is 6.36. The molecule has 0 spiro atoms. The number of fused-ring (bicyclic) bond motifs is 2. The van der Waals surface area contributed by atoms with E-state index < -0.39 is 11.8 Å². The van der Waals surface area contributed by atoms with E-state index in [1.807, 2.05) is 48.5 Å². The van der Waals surface area contributed by atoms with Crippen LogP contribution in [0.2, 0.25) is 0 Å². The number of nitrogens with two attached hydrogens (primary N) is 2. The van der Waals surface area contributed by atoms with Crippen LogP contribution in [0, 0.1) is 0 Å². The largest absolute Gasteiger partial charge is 0.497 e. The first-order valence-electron chi connectivity index (χ1n) is 11.4. The van der Waals surface area contributed by atoms with Crippen LogP contribution in [0.1, 0.15) is 31.8 Å². The SMILES string of the molecule is COc1ccc(Cc2cc(C(N)=O)c3c(C(N)=O)ccc4c5cccc6cccc(c2c34)c65)cc1. The molecular formula is C30H22N2O3. The van der Waals surface area contributed by atoms with Crippen LogP contribution >= 0.6 is 0 Å². The second kappa shape index (κ2) is 7.71. The van der Waals surface area contributed by atoms with Crippen LogP contribution in [0.4, 0.5) is 0 Å². The predicted octanol–water partition coefficient (Wildman–Crippen LogP) is 5.53. The van der Waals surface area contributed by atoms with Gasteiger partial charge < -0.3 is 16.2 Å². The number of hydrogen-bond acceptors (Lipinski definition) is 3. The zero-order valence-electron chi connectivity index (χ0n) is 19.1. The van der Waals surface area contributed by atoms with Crippen molar-refractivity contribution in [2.45, 2.75) is 6.42 Å². The smallest absolute Gasteiger partial charge is 0.249 e. The lowest BCUT2D eigenvalue weighted by atomic mass is 9.83. The number of carbonyl (C=O) groups is 2. The molecular weight excluding hydrogens is 436 g/mol. The van der Waals surface area contributed by atoms with Crippen LogP contribution in [-0.2, 0) is 6.42 Å². The van der Waals surface area contributed by atoms with Gasteiger partial charge in [0.25, 0.3) is 0 Å². The van der Waals surface area contributed by atoms with Crippen LogP contribution < -0.4 is 16.2 Å². The third-order valence-corrected chi connectivity index (χ3v) is 6.91. The lowest BCUT2D eigenvalue weighted by Gasteiger charge is -2.20. The molecule has 0 aliphatic heterocycles. The molecule has 0 radical (unpaired) electrons. The molecule has 6 rings (SSSR count). The molecule has 2 amide bonds. The van der Waals surface area contributed by atoms with Crippen molar-refractivity contribution in [1.82, 2.24) is 0 Å². The molecule has 0 saturated heterocycles. The molecule has 6 aromatic rings. The summed E-state index contributed by atoms with van der Waals surface area (Å²) in [5.41, 5.74) is 14.3. The Labute approximate surface area is 201 Å². The number of amides is 2. The minimum atomic E-state index is -0.593. The third kappa shape index (κ3) is 3.09. The molecule has 0 saturated carbocycles. The summed E-state index contributed by atoms with van der Waals surface area (Å²) in [5.74, 6) is -0.410. The van der Waals surface area contributed by atoms with Gasteiger partial charge in [-0.25, -0.2) is 0 Å². The number of rotatable bonds is 5. The van der Waals surface area contributed by atoms with Gasteiger partial charge in [0.15, 0.2) is 0 Å². The predicted molar refractivity (Wildman–Crippen MR) is 140 cm³/mol. The van der Waals surface area contributed by atoms with Crippen molar-refractivity contribution in [2.75, 3.05) is 7.11 Å². The Hall–Kier alpha value is -4.64. The minimum Gasteiger partial charge on any atom is -0.497 e. The first kappa shape index (κ1) is 20.9. The van der Waals surface area contributed by atoms with Gasteiger partial charge in [-0.2, -0.15) is 0 Å². The Morgan fingerprint density at radius 3 is 2.00 bits per heavy atom. The van der Waals surface area contributed by atoms with Crippen LogP contribution in [0.5, 0.6) is 5.75 Å². The molecule has 0 fully saturated rings. The maximum absolute atomic E-state index is 12.7. The molecule has 0 heterocycles. The van der Waals surface area contributed by atoms with E-state index in [-0.39, 0.29) is 0 Å². The van der Waals surface area contributed by atoms with Gasteiger partial charge in [0.1, 0.15) is 5.75 Å². The van der Waals surface area contributed by atoms with Crippen molar-refractivity contribution in [3.05, 3.63) is 101 Å². The van der Waals surface area contributed by atoms with Crippen molar-refractivity contribution in [3.8, 4) is 5.75 Å². The second-order valence-electron chi connectivity index (χ2n) is 8.83. The van der Waals surface area contributed by atoms with Gasteiger partial charge in [-0.15, -0.1) is 0 Å². The van der Waals surface area contributed by atoms with E-state index >= 15 is 0 Å². The first-order chi connectivity index (χ1) is 17.0. The van der Waals surface area contributed by atoms with Gasteiger partial charge in [0, 0.05) is 16.5 Å². The average Bonchev–Trinajstić information content (AvgIpc) is 2.87. The lowest BCUT2D eigenvalue weighted by Crippen LogP contribution is -2.17. The highest BCUT2D eigenvalue weighted by Gasteiger charge is 2.23. The van der Waals surface area contributed by atoms with E-state index in [2.05, 4.69) is 24.3 Å². The number of primary amides is 2. The monoisotopic (exact) mass is 458 g/mol. The summed E-state index contributed by atoms with van der Waals surface area (Å²) in [6, 6.07) is 25.8. The average molecular weight is 459 g/mol. The van der Waals surface area contributed by atoms with Gasteiger partial charge in [-0.05, 0) is 79.5 Å². The fourth-order valence-corrected chi connectivity index (χ4v) is 5.43. The van der Waals surface area contributed by atoms with Crippen molar-refractivity contribution in [1.29, 1.82) is 0 Å². The topological polar surface area (TPSA) is 95.4 Å². The zero-order chi connectivity index (χ0) is 24.3. The molecule has 170 valence electrons. The zero-order valence-corrected chi connectivity index (χ0v) is 19.1. The second-order valence-corrected chi connectivity index (χ2v) is 8.83. The van der Waals surface area contributed by atoms with Crippen molar-refractivity contribution >= 4 is 54.9 Å². The van der Waals surface area contributed by atoms with Gasteiger partial charge in [0.05, 0.1) is 7.11 Å². The van der Waals surface area contributed by atoms with E-state index in [0.29, 0.717) is 22.9 Å². The number of benzene rings is 6. The van der Waals surface area contributed by atoms with Crippen LogP contribution in [0.25, 0.3) is 43.1 Å². The fourth-order valence-electron chi connectivity index (χ4n) is 5.43. The van der Waals surface area contributed by atoms with Crippen LogP contribution in [-0.4, -0.2) is 18.9 Å². The van der Waals surface area contributed by atoms with E-state index in [9.17, 15) is 9.59 Å². The highest BCUT2D eigenvalue weighted by Crippen LogP contribution is 2.44. The molecule has 35 heavy (non-hydrogen) atoms. The minimum absolute atomic E-state index is 0.293. The summed E-state index contributed by atoms with van der Waals surface area (Å²) >= 11 is 0. The molecule has 0 bridgehead atoms. The quantitative estimate of drug-likeness (QED) is 0.262. The van der Waals surface area contributed by atoms with Gasteiger partial charge in [0.2, 0.25) is 11.8 Å². The number of carbonyl (C=O) groups excluding carboxylic acids is 2. The Bertz CT molecular complexity index is 1800. The summed E-state index contributed by atoms with van der Waals surface area (Å²) in [4.78, 5) is 25.1. The highest BCUT2D eigenvalue weighted by atomic mass is 16.5. The maximum atomic E-state index is 12.7. The summed E-state index contributed by atoms with van der Waals surface area (Å²) in [6.07, 6.45) is 0.578. The van der Waals surface area contributed by atoms with E-state index in [1.54, 1.807) is 13.2 Å². The molecule has 0 aliphatic rings.